The average molecular weight is 264 g/mol. The van der Waals surface area contributed by atoms with E-state index in [1.165, 1.54) is 25.9 Å². The minimum absolute atomic E-state index is 0.520. The molecule has 0 spiro atoms. The summed E-state index contributed by atoms with van der Waals surface area (Å²) >= 11 is 0. The molecule has 0 saturated carbocycles. The first kappa shape index (κ1) is 14.1. The molecule has 19 heavy (non-hydrogen) atoms. The van der Waals surface area contributed by atoms with Gasteiger partial charge in [-0.15, -0.1) is 0 Å². The molecule has 2 heterocycles. The van der Waals surface area contributed by atoms with Gasteiger partial charge in [0.1, 0.15) is 0 Å². The molecule has 1 aromatic heterocycles. The third kappa shape index (κ3) is 4.35. The van der Waals surface area contributed by atoms with Gasteiger partial charge in [0.25, 0.3) is 0 Å². The van der Waals surface area contributed by atoms with Crippen molar-refractivity contribution in [3.05, 3.63) is 12.3 Å². The fraction of sp³-hybridized carbons (Fsp3) is 0.714. The normalized spacial score (nSPS) is 17.4. The van der Waals surface area contributed by atoms with Crippen LogP contribution in [0.15, 0.2) is 12.3 Å². The molecule has 5 nitrogen and oxygen atoms in total. The Morgan fingerprint density at radius 1 is 1.42 bits per heavy atom. The molecule has 1 saturated heterocycles. The van der Waals surface area contributed by atoms with E-state index in [4.69, 9.17) is 4.74 Å². The van der Waals surface area contributed by atoms with E-state index in [1.54, 1.807) is 12.3 Å². The lowest BCUT2D eigenvalue weighted by atomic mass is 10.3. The van der Waals surface area contributed by atoms with Crippen LogP contribution < -0.4 is 10.1 Å². The van der Waals surface area contributed by atoms with E-state index in [9.17, 15) is 0 Å². The van der Waals surface area contributed by atoms with Crippen LogP contribution in [0.2, 0.25) is 0 Å². The molecule has 1 atom stereocenters. The number of anilines is 1. The first-order valence-corrected chi connectivity index (χ1v) is 7.23. The molecule has 106 valence electrons. The van der Waals surface area contributed by atoms with Crippen molar-refractivity contribution in [1.29, 1.82) is 0 Å². The van der Waals surface area contributed by atoms with Crippen LogP contribution in [0, 0.1) is 0 Å². The number of likely N-dealkylation sites (tertiary alicyclic amines) is 1. The van der Waals surface area contributed by atoms with E-state index in [1.807, 2.05) is 0 Å². The quantitative estimate of drug-likeness (QED) is 0.818. The first-order valence-electron chi connectivity index (χ1n) is 7.23. The Bertz CT molecular complexity index is 379. The fourth-order valence-electron chi connectivity index (χ4n) is 2.26. The van der Waals surface area contributed by atoms with Gasteiger partial charge in [0, 0.05) is 24.8 Å². The number of aromatic nitrogens is 2. The van der Waals surface area contributed by atoms with Crippen molar-refractivity contribution < 1.29 is 4.74 Å². The molecule has 1 N–H and O–H groups in total. The Kier molecular flexibility index (Phi) is 5.39. The third-order valence-corrected chi connectivity index (χ3v) is 3.40. The minimum Gasteiger partial charge on any atom is -0.478 e. The highest BCUT2D eigenvalue weighted by atomic mass is 16.5. The largest absolute Gasteiger partial charge is 0.478 e. The number of hydrogen-bond donors (Lipinski definition) is 1. The van der Waals surface area contributed by atoms with Gasteiger partial charge in [0.15, 0.2) is 0 Å². The van der Waals surface area contributed by atoms with Gasteiger partial charge in [0.05, 0.1) is 6.61 Å². The zero-order chi connectivity index (χ0) is 13.5. The van der Waals surface area contributed by atoms with Gasteiger partial charge >= 0.3 is 0 Å². The average Bonchev–Trinajstić information content (AvgIpc) is 2.97. The molecule has 1 aliphatic heterocycles. The summed E-state index contributed by atoms with van der Waals surface area (Å²) < 4.78 is 5.50. The highest BCUT2D eigenvalue weighted by Gasteiger charge is 2.17. The summed E-state index contributed by atoms with van der Waals surface area (Å²) in [5, 5.41) is 3.29. The molecule has 0 aliphatic carbocycles. The molecular formula is C14H24N4O. The van der Waals surface area contributed by atoms with E-state index in [0.717, 1.165) is 13.0 Å². The van der Waals surface area contributed by atoms with Gasteiger partial charge in [-0.3, -0.25) is 4.90 Å². The summed E-state index contributed by atoms with van der Waals surface area (Å²) in [6, 6.07) is 2.32. The minimum atomic E-state index is 0.520. The Morgan fingerprint density at radius 2 is 2.21 bits per heavy atom. The number of nitrogens with one attached hydrogen (secondary N) is 1. The fourth-order valence-corrected chi connectivity index (χ4v) is 2.26. The number of ether oxygens (including phenoxy) is 1. The van der Waals surface area contributed by atoms with Gasteiger partial charge in [-0.2, -0.15) is 4.98 Å². The molecule has 1 unspecified atom stereocenters. The van der Waals surface area contributed by atoms with Crippen LogP contribution in [0.5, 0.6) is 5.88 Å². The van der Waals surface area contributed by atoms with E-state index in [2.05, 4.69) is 34.0 Å². The highest BCUT2D eigenvalue weighted by Crippen LogP contribution is 2.13. The Morgan fingerprint density at radius 3 is 2.95 bits per heavy atom. The summed E-state index contributed by atoms with van der Waals surface area (Å²) in [6.45, 7) is 8.32. The predicted molar refractivity (Wildman–Crippen MR) is 76.6 cm³/mol. The van der Waals surface area contributed by atoms with Gasteiger partial charge in [-0.1, -0.05) is 6.92 Å². The Balaban J connectivity index is 1.81. The lowest BCUT2D eigenvalue weighted by molar-refractivity contribution is 0.268. The summed E-state index contributed by atoms with van der Waals surface area (Å²) in [5.74, 6) is 1.30. The zero-order valence-corrected chi connectivity index (χ0v) is 11.9. The molecule has 1 fully saturated rings. The highest BCUT2D eigenvalue weighted by molar-refractivity contribution is 5.27. The van der Waals surface area contributed by atoms with Crippen molar-refractivity contribution >= 4 is 5.95 Å². The third-order valence-electron chi connectivity index (χ3n) is 3.40. The maximum atomic E-state index is 5.50. The molecule has 0 aromatic carbocycles. The van der Waals surface area contributed by atoms with Crippen LogP contribution in [0.1, 0.15) is 33.1 Å². The van der Waals surface area contributed by atoms with Crippen molar-refractivity contribution in [3.63, 3.8) is 0 Å². The van der Waals surface area contributed by atoms with E-state index < -0.39 is 0 Å². The second kappa shape index (κ2) is 7.28. The molecular weight excluding hydrogens is 240 g/mol. The van der Waals surface area contributed by atoms with Crippen LogP contribution in [0.4, 0.5) is 5.95 Å². The Hall–Kier alpha value is -1.36. The van der Waals surface area contributed by atoms with Crippen LogP contribution in [0.25, 0.3) is 0 Å². The summed E-state index contributed by atoms with van der Waals surface area (Å²) in [6.07, 6.45) is 5.36. The maximum absolute atomic E-state index is 5.50. The van der Waals surface area contributed by atoms with Crippen LogP contribution in [-0.4, -0.2) is 47.2 Å². The Labute approximate surface area is 115 Å². The monoisotopic (exact) mass is 264 g/mol. The zero-order valence-electron chi connectivity index (χ0n) is 11.9. The van der Waals surface area contributed by atoms with E-state index >= 15 is 0 Å². The second-order valence-corrected chi connectivity index (χ2v) is 5.04. The lowest BCUT2D eigenvalue weighted by Gasteiger charge is -2.23. The van der Waals surface area contributed by atoms with Crippen LogP contribution in [-0.2, 0) is 0 Å². The topological polar surface area (TPSA) is 50.3 Å². The van der Waals surface area contributed by atoms with Gasteiger partial charge < -0.3 is 10.1 Å². The van der Waals surface area contributed by atoms with Crippen LogP contribution in [0.3, 0.4) is 0 Å². The van der Waals surface area contributed by atoms with Gasteiger partial charge in [-0.05, 0) is 39.3 Å². The van der Waals surface area contributed by atoms with Crippen molar-refractivity contribution in [2.45, 2.75) is 39.2 Å². The van der Waals surface area contributed by atoms with Crippen molar-refractivity contribution in [1.82, 2.24) is 14.9 Å². The van der Waals surface area contributed by atoms with Crippen molar-refractivity contribution in [2.75, 3.05) is 31.6 Å². The summed E-state index contributed by atoms with van der Waals surface area (Å²) in [5.41, 5.74) is 0. The van der Waals surface area contributed by atoms with Crippen molar-refractivity contribution in [2.24, 2.45) is 0 Å². The standard InChI is InChI=1S/C14H24N4O/c1-3-10-19-13-6-7-15-14(17-13)16-11-12(2)18-8-4-5-9-18/h6-7,12H,3-5,8-11H2,1-2H3,(H,15,16,17). The number of nitrogens with zero attached hydrogens (tertiary/aromatic N) is 3. The first-order chi connectivity index (χ1) is 9.29. The van der Waals surface area contributed by atoms with Crippen LogP contribution >= 0.6 is 0 Å². The predicted octanol–water partition coefficient (Wildman–Crippen LogP) is 2.16. The smallest absolute Gasteiger partial charge is 0.225 e. The summed E-state index contributed by atoms with van der Waals surface area (Å²) in [4.78, 5) is 11.1. The summed E-state index contributed by atoms with van der Waals surface area (Å²) in [7, 11) is 0. The molecule has 0 bridgehead atoms. The van der Waals surface area contributed by atoms with Gasteiger partial charge in [-0.25, -0.2) is 4.98 Å². The van der Waals surface area contributed by atoms with E-state index in [0.29, 0.717) is 24.5 Å². The molecule has 2 rings (SSSR count). The second-order valence-electron chi connectivity index (χ2n) is 5.04. The molecule has 1 aromatic rings. The number of hydrogen-bond acceptors (Lipinski definition) is 5. The van der Waals surface area contributed by atoms with Crippen molar-refractivity contribution in [3.8, 4) is 5.88 Å². The maximum Gasteiger partial charge on any atom is 0.225 e. The van der Waals surface area contributed by atoms with Gasteiger partial charge in [0.2, 0.25) is 11.8 Å². The molecule has 1 aliphatic rings. The molecule has 5 heteroatoms. The number of rotatable bonds is 7. The SMILES string of the molecule is CCCOc1ccnc(NCC(C)N2CCCC2)n1. The lowest BCUT2D eigenvalue weighted by Crippen LogP contribution is -2.35. The molecule has 0 radical (unpaired) electrons. The molecule has 0 amide bonds. The van der Waals surface area contributed by atoms with E-state index in [-0.39, 0.29) is 0 Å².